The Kier molecular flexibility index (Phi) is 10.9. The third kappa shape index (κ3) is 8.44. The molecular formula is C28H38ClN5O4. The highest BCUT2D eigenvalue weighted by Gasteiger charge is 2.39. The van der Waals surface area contributed by atoms with E-state index in [1.165, 1.54) is 0 Å². The van der Waals surface area contributed by atoms with Crippen LogP contribution in [0.1, 0.15) is 43.7 Å². The molecule has 206 valence electrons. The Labute approximate surface area is 229 Å². The number of nitrogens with one attached hydrogen (secondary N) is 2. The molecule has 0 aliphatic carbocycles. The third-order valence-corrected chi connectivity index (χ3v) is 7.24. The molecule has 3 amide bonds. The Hall–Kier alpha value is -3.14. The molecule has 0 saturated carbocycles. The number of carbonyl (C=O) groups excluding carboxylic acids is 3. The Morgan fingerprint density at radius 1 is 1.11 bits per heavy atom. The summed E-state index contributed by atoms with van der Waals surface area (Å²) < 4.78 is 5.58. The fourth-order valence-electron chi connectivity index (χ4n) is 4.49. The van der Waals surface area contributed by atoms with Crippen LogP contribution in [0.3, 0.4) is 0 Å². The molecule has 0 unspecified atom stereocenters. The summed E-state index contributed by atoms with van der Waals surface area (Å²) in [7, 11) is 0. The highest BCUT2D eigenvalue weighted by Crippen LogP contribution is 2.25. The molecule has 0 radical (unpaired) electrons. The molecular weight excluding hydrogens is 506 g/mol. The topological polar surface area (TPSA) is 140 Å². The van der Waals surface area contributed by atoms with Crippen LogP contribution in [0.2, 0.25) is 5.02 Å². The van der Waals surface area contributed by atoms with Crippen molar-refractivity contribution in [2.75, 3.05) is 31.6 Å². The van der Waals surface area contributed by atoms with E-state index in [-0.39, 0.29) is 24.8 Å². The van der Waals surface area contributed by atoms with Crippen LogP contribution in [0, 0.1) is 0 Å². The molecule has 38 heavy (non-hydrogen) atoms. The molecule has 1 aliphatic rings. The van der Waals surface area contributed by atoms with Crippen molar-refractivity contribution in [3.8, 4) is 0 Å². The van der Waals surface area contributed by atoms with Crippen molar-refractivity contribution >= 4 is 35.2 Å². The van der Waals surface area contributed by atoms with Gasteiger partial charge in [0.1, 0.15) is 6.61 Å². The molecule has 10 heteroatoms. The zero-order valence-corrected chi connectivity index (χ0v) is 22.6. The third-order valence-electron chi connectivity index (χ3n) is 6.87. The number of halogens is 1. The number of piperidine rings is 1. The molecule has 3 rings (SSSR count). The van der Waals surface area contributed by atoms with Crippen molar-refractivity contribution in [3.05, 3.63) is 64.7 Å². The van der Waals surface area contributed by atoms with Gasteiger partial charge < -0.3 is 26.4 Å². The summed E-state index contributed by atoms with van der Waals surface area (Å²) in [6.45, 7) is 3.25. The highest BCUT2D eigenvalue weighted by atomic mass is 35.5. The summed E-state index contributed by atoms with van der Waals surface area (Å²) in [5.74, 6) is -0.375. The first-order valence-corrected chi connectivity index (χ1v) is 13.4. The van der Waals surface area contributed by atoms with Gasteiger partial charge in [0.15, 0.2) is 0 Å². The molecule has 1 aliphatic heterocycles. The largest absolute Gasteiger partial charge is 0.447 e. The average molecular weight is 544 g/mol. The van der Waals surface area contributed by atoms with Crippen molar-refractivity contribution < 1.29 is 19.1 Å². The van der Waals surface area contributed by atoms with E-state index in [0.717, 1.165) is 12.0 Å². The predicted molar refractivity (Wildman–Crippen MR) is 149 cm³/mol. The average Bonchev–Trinajstić information content (AvgIpc) is 2.92. The lowest BCUT2D eigenvalue weighted by atomic mass is 9.87. The second kappa shape index (κ2) is 14.1. The maximum Gasteiger partial charge on any atom is 0.411 e. The number of hydrogen-bond acceptors (Lipinski definition) is 6. The number of likely N-dealkylation sites (tertiary alicyclic amines) is 1. The molecule has 1 atom stereocenters. The normalized spacial score (nSPS) is 15.4. The number of rotatable bonds is 11. The van der Waals surface area contributed by atoms with Crippen LogP contribution in [0.4, 0.5) is 10.5 Å². The van der Waals surface area contributed by atoms with Crippen molar-refractivity contribution in [1.29, 1.82) is 0 Å². The monoisotopic (exact) mass is 543 g/mol. The molecule has 2 aromatic carbocycles. The molecule has 0 bridgehead atoms. The quantitative estimate of drug-likeness (QED) is 0.343. The Balaban J connectivity index is 1.65. The second-order valence-electron chi connectivity index (χ2n) is 9.71. The predicted octanol–water partition coefficient (Wildman–Crippen LogP) is 3.24. The molecule has 6 N–H and O–H groups in total. The summed E-state index contributed by atoms with van der Waals surface area (Å²) in [5, 5.41) is 6.31. The van der Waals surface area contributed by atoms with E-state index >= 15 is 0 Å². The van der Waals surface area contributed by atoms with E-state index < -0.39 is 17.7 Å². The summed E-state index contributed by atoms with van der Waals surface area (Å²) in [5.41, 5.74) is 13.3. The van der Waals surface area contributed by atoms with E-state index in [1.54, 1.807) is 23.1 Å². The fraction of sp³-hybridized carbons (Fsp3) is 0.464. The molecule has 1 saturated heterocycles. The van der Waals surface area contributed by atoms with Gasteiger partial charge in [-0.05, 0) is 68.0 Å². The maximum absolute atomic E-state index is 13.0. The van der Waals surface area contributed by atoms with Crippen LogP contribution in [-0.2, 0) is 27.2 Å². The molecule has 1 heterocycles. The molecule has 0 aromatic heterocycles. The first-order chi connectivity index (χ1) is 18.2. The zero-order chi connectivity index (χ0) is 27.5. The van der Waals surface area contributed by atoms with E-state index in [9.17, 15) is 14.4 Å². The number of benzene rings is 2. The lowest BCUT2D eigenvalue weighted by Gasteiger charge is -2.42. The molecule has 0 spiro atoms. The SMILES string of the molecule is CCc1ccc(NC(=O)OCC2(NC(=O)Cc3ccccc3Cl)CCN(C(=O)[C@@H](N)CCCN)CC2)cc1. The maximum atomic E-state index is 13.0. The molecule has 2 aromatic rings. The number of hydrogen-bond donors (Lipinski definition) is 4. The van der Waals surface area contributed by atoms with Crippen LogP contribution in [-0.4, -0.2) is 60.6 Å². The van der Waals surface area contributed by atoms with Crippen LogP contribution >= 0.6 is 11.6 Å². The first kappa shape index (κ1) is 29.4. The number of amides is 3. The van der Waals surface area contributed by atoms with Crippen molar-refractivity contribution in [2.45, 2.75) is 57.0 Å². The van der Waals surface area contributed by atoms with E-state index in [1.807, 2.05) is 30.3 Å². The minimum absolute atomic E-state index is 0.0403. The van der Waals surface area contributed by atoms with E-state index in [0.29, 0.717) is 61.6 Å². The standard InChI is InChI=1S/C28H38ClN5O4/c1-2-20-9-11-22(12-10-20)32-27(37)38-19-28(33-25(35)18-21-6-3-4-7-23(21)29)13-16-34(17-14-28)26(36)24(31)8-5-15-30/h3-4,6-7,9-12,24H,2,5,8,13-19,30-31H2,1H3,(H,32,37)(H,33,35)/t24-/m0/s1. The van der Waals surface area contributed by atoms with E-state index in [4.69, 9.17) is 27.8 Å². The number of anilines is 1. The summed E-state index contributed by atoms with van der Waals surface area (Å²) in [6.07, 6.45) is 2.39. The number of nitrogens with zero attached hydrogens (tertiary/aromatic N) is 1. The van der Waals surface area contributed by atoms with Gasteiger partial charge >= 0.3 is 6.09 Å². The van der Waals surface area contributed by atoms with E-state index in [2.05, 4.69) is 17.6 Å². The van der Waals surface area contributed by atoms with Crippen LogP contribution in [0.5, 0.6) is 0 Å². The zero-order valence-electron chi connectivity index (χ0n) is 21.9. The number of carbonyl (C=O) groups is 3. The van der Waals surface area contributed by atoms with Crippen LogP contribution < -0.4 is 22.1 Å². The molecule has 1 fully saturated rings. The lowest BCUT2D eigenvalue weighted by molar-refractivity contribution is -0.135. The summed E-state index contributed by atoms with van der Waals surface area (Å²) in [4.78, 5) is 40.1. The Bertz CT molecular complexity index is 1090. The van der Waals surface area contributed by atoms with Gasteiger partial charge in [0.05, 0.1) is 18.0 Å². The minimum Gasteiger partial charge on any atom is -0.447 e. The van der Waals surface area contributed by atoms with Gasteiger partial charge in [-0.15, -0.1) is 0 Å². The van der Waals surface area contributed by atoms with Gasteiger partial charge in [0.2, 0.25) is 11.8 Å². The van der Waals surface area contributed by atoms with Crippen molar-refractivity contribution in [2.24, 2.45) is 11.5 Å². The van der Waals surface area contributed by atoms with Gasteiger partial charge in [0.25, 0.3) is 0 Å². The Morgan fingerprint density at radius 2 is 1.79 bits per heavy atom. The van der Waals surface area contributed by atoms with Crippen LogP contribution in [0.25, 0.3) is 0 Å². The van der Waals surface area contributed by atoms with Crippen molar-refractivity contribution in [1.82, 2.24) is 10.2 Å². The van der Waals surface area contributed by atoms with Crippen LogP contribution in [0.15, 0.2) is 48.5 Å². The van der Waals surface area contributed by atoms with Gasteiger partial charge in [-0.1, -0.05) is 48.9 Å². The van der Waals surface area contributed by atoms with Gasteiger partial charge in [-0.3, -0.25) is 14.9 Å². The second-order valence-corrected chi connectivity index (χ2v) is 10.1. The smallest absolute Gasteiger partial charge is 0.411 e. The first-order valence-electron chi connectivity index (χ1n) is 13.1. The number of nitrogens with two attached hydrogens (primary N) is 2. The fourth-order valence-corrected chi connectivity index (χ4v) is 4.69. The van der Waals surface area contributed by atoms with Gasteiger partial charge in [0, 0.05) is 23.8 Å². The highest BCUT2D eigenvalue weighted by molar-refractivity contribution is 6.31. The van der Waals surface area contributed by atoms with Gasteiger partial charge in [-0.25, -0.2) is 4.79 Å². The van der Waals surface area contributed by atoms with Crippen molar-refractivity contribution in [3.63, 3.8) is 0 Å². The summed E-state index contributed by atoms with van der Waals surface area (Å²) in [6, 6.07) is 14.1. The number of aryl methyl sites for hydroxylation is 1. The number of ether oxygens (including phenoxy) is 1. The lowest BCUT2D eigenvalue weighted by Crippen LogP contribution is -2.60. The minimum atomic E-state index is -0.833. The summed E-state index contributed by atoms with van der Waals surface area (Å²) >= 11 is 6.24. The Morgan fingerprint density at radius 3 is 2.42 bits per heavy atom. The molecule has 9 nitrogen and oxygen atoms in total. The van der Waals surface area contributed by atoms with Gasteiger partial charge in [-0.2, -0.15) is 0 Å².